The standard InChI is InChI=1S/C23H21N5O2S3/c1-2-12-28-21(30)18-15-10-6-7-11-16(15)32-20(18)26-23(28)31-13-17(29)24-22-25-19(33-27-22)14-8-4-3-5-9-14/h2-5,8-9H,1,6-7,10-13H2,(H,24,27,29). The van der Waals surface area contributed by atoms with E-state index < -0.39 is 0 Å². The first-order valence-electron chi connectivity index (χ1n) is 10.6. The average molecular weight is 496 g/mol. The SMILES string of the molecule is C=CCn1c(SCC(=O)Nc2nsc(-c3ccccc3)n2)nc2sc3c(c2c1=O)CCCC3. The number of fused-ring (bicyclic) bond motifs is 3. The number of nitrogens with zero attached hydrogens (tertiary/aromatic N) is 4. The molecule has 3 heterocycles. The average Bonchev–Trinajstić information content (AvgIpc) is 3.45. The lowest BCUT2D eigenvalue weighted by Crippen LogP contribution is -2.24. The van der Waals surface area contributed by atoms with E-state index in [9.17, 15) is 9.59 Å². The minimum absolute atomic E-state index is 0.0455. The Morgan fingerprint density at radius 1 is 1.21 bits per heavy atom. The lowest BCUT2D eigenvalue weighted by molar-refractivity contribution is -0.113. The molecule has 7 nitrogen and oxygen atoms in total. The maximum Gasteiger partial charge on any atom is 0.263 e. The van der Waals surface area contributed by atoms with E-state index in [0.29, 0.717) is 11.7 Å². The molecule has 0 saturated carbocycles. The number of rotatable bonds is 7. The molecule has 0 fully saturated rings. The van der Waals surface area contributed by atoms with Crippen molar-refractivity contribution in [1.82, 2.24) is 18.9 Å². The molecule has 4 aromatic rings. The van der Waals surface area contributed by atoms with Gasteiger partial charge >= 0.3 is 0 Å². The van der Waals surface area contributed by atoms with E-state index in [2.05, 4.69) is 21.3 Å². The number of allylic oxidation sites excluding steroid dienone is 1. The molecule has 0 radical (unpaired) electrons. The van der Waals surface area contributed by atoms with Crippen molar-refractivity contribution in [2.45, 2.75) is 37.4 Å². The van der Waals surface area contributed by atoms with Gasteiger partial charge in [-0.2, -0.15) is 9.36 Å². The number of carbonyl (C=O) groups excluding carboxylic acids is 1. The van der Waals surface area contributed by atoms with E-state index in [1.165, 1.54) is 28.2 Å². The third-order valence-electron chi connectivity index (χ3n) is 5.38. The van der Waals surface area contributed by atoms with Crippen molar-refractivity contribution in [2.75, 3.05) is 11.1 Å². The van der Waals surface area contributed by atoms with Crippen LogP contribution in [0.25, 0.3) is 20.8 Å². The predicted octanol–water partition coefficient (Wildman–Crippen LogP) is 4.77. The summed E-state index contributed by atoms with van der Waals surface area (Å²) in [5.41, 5.74) is 2.07. The van der Waals surface area contributed by atoms with Gasteiger partial charge in [-0.05, 0) is 42.8 Å². The second-order valence-electron chi connectivity index (χ2n) is 7.62. The van der Waals surface area contributed by atoms with Crippen LogP contribution in [0.15, 0.2) is 52.9 Å². The zero-order valence-electron chi connectivity index (χ0n) is 17.7. The Kier molecular flexibility index (Phi) is 6.39. The number of nitrogens with one attached hydrogen (secondary N) is 1. The Bertz CT molecular complexity index is 1390. The number of thiophene rings is 1. The van der Waals surface area contributed by atoms with Gasteiger partial charge in [0, 0.05) is 17.0 Å². The second-order valence-corrected chi connectivity index (χ2v) is 10.4. The van der Waals surface area contributed by atoms with Crippen molar-refractivity contribution in [2.24, 2.45) is 0 Å². The summed E-state index contributed by atoms with van der Waals surface area (Å²) in [7, 11) is 0. The molecule has 10 heteroatoms. The number of hydrogen-bond donors (Lipinski definition) is 1. The molecule has 0 aliphatic heterocycles. The molecule has 1 aromatic carbocycles. The van der Waals surface area contributed by atoms with Crippen molar-refractivity contribution >= 4 is 56.7 Å². The van der Waals surface area contributed by atoms with Crippen LogP contribution < -0.4 is 10.9 Å². The van der Waals surface area contributed by atoms with Crippen LogP contribution in [-0.4, -0.2) is 30.6 Å². The molecule has 1 N–H and O–H groups in total. The first-order chi connectivity index (χ1) is 16.1. The molecular weight excluding hydrogens is 474 g/mol. The first-order valence-corrected chi connectivity index (χ1v) is 13.2. The van der Waals surface area contributed by atoms with Crippen molar-refractivity contribution in [3.8, 4) is 10.6 Å². The lowest BCUT2D eigenvalue weighted by Gasteiger charge is -2.12. The van der Waals surface area contributed by atoms with E-state index in [1.54, 1.807) is 22.0 Å². The zero-order valence-corrected chi connectivity index (χ0v) is 20.2. The number of carbonyl (C=O) groups is 1. The molecule has 0 bridgehead atoms. The highest BCUT2D eigenvalue weighted by atomic mass is 32.2. The summed E-state index contributed by atoms with van der Waals surface area (Å²) < 4.78 is 5.85. The summed E-state index contributed by atoms with van der Waals surface area (Å²) in [6.45, 7) is 4.13. The van der Waals surface area contributed by atoms with Gasteiger partial charge in [0.05, 0.1) is 11.1 Å². The van der Waals surface area contributed by atoms with Crippen LogP contribution in [0.5, 0.6) is 0 Å². The van der Waals surface area contributed by atoms with E-state index in [4.69, 9.17) is 4.98 Å². The lowest BCUT2D eigenvalue weighted by atomic mass is 9.97. The van der Waals surface area contributed by atoms with Gasteiger partial charge in [-0.25, -0.2) is 4.98 Å². The number of anilines is 1. The summed E-state index contributed by atoms with van der Waals surface area (Å²) in [5, 5.41) is 4.75. The van der Waals surface area contributed by atoms with Crippen molar-refractivity contribution in [3.63, 3.8) is 0 Å². The van der Waals surface area contributed by atoms with Gasteiger partial charge in [-0.3, -0.25) is 19.5 Å². The number of aromatic nitrogens is 4. The van der Waals surface area contributed by atoms with Crippen LogP contribution in [0.2, 0.25) is 0 Å². The van der Waals surface area contributed by atoms with Crippen molar-refractivity contribution in [1.29, 1.82) is 0 Å². The summed E-state index contributed by atoms with van der Waals surface area (Å²) in [6, 6.07) is 9.70. The fourth-order valence-corrected chi connectivity index (χ4v) is 6.62. The van der Waals surface area contributed by atoms with Crippen molar-refractivity contribution in [3.05, 3.63) is 63.8 Å². The normalized spacial score (nSPS) is 13.1. The molecule has 1 aliphatic carbocycles. The second kappa shape index (κ2) is 9.58. The predicted molar refractivity (Wildman–Crippen MR) is 135 cm³/mol. The highest BCUT2D eigenvalue weighted by Gasteiger charge is 2.22. The van der Waals surface area contributed by atoms with Gasteiger partial charge in [0.1, 0.15) is 9.84 Å². The zero-order chi connectivity index (χ0) is 22.8. The topological polar surface area (TPSA) is 89.8 Å². The molecule has 1 aliphatic rings. The maximum absolute atomic E-state index is 13.3. The Morgan fingerprint density at radius 3 is 2.85 bits per heavy atom. The molecule has 0 saturated heterocycles. The van der Waals surface area contributed by atoms with Gasteiger partial charge in [-0.15, -0.1) is 17.9 Å². The summed E-state index contributed by atoms with van der Waals surface area (Å²) >= 11 is 4.08. The molecular formula is C23H21N5O2S3. The van der Waals surface area contributed by atoms with Crippen LogP contribution in [0.1, 0.15) is 23.3 Å². The number of hydrogen-bond acceptors (Lipinski definition) is 8. The van der Waals surface area contributed by atoms with Gasteiger partial charge in [0.2, 0.25) is 11.9 Å². The number of aryl methyl sites for hydroxylation is 2. The van der Waals surface area contributed by atoms with Gasteiger partial charge in [-0.1, -0.05) is 48.2 Å². The quantitative estimate of drug-likeness (QED) is 0.226. The molecule has 0 spiro atoms. The minimum atomic E-state index is -0.248. The van der Waals surface area contributed by atoms with Crippen LogP contribution >= 0.6 is 34.6 Å². The van der Waals surface area contributed by atoms with Gasteiger partial charge in [0.15, 0.2) is 5.16 Å². The molecule has 1 amide bonds. The number of benzene rings is 1. The van der Waals surface area contributed by atoms with Crippen LogP contribution in [0.4, 0.5) is 5.95 Å². The Hall–Kier alpha value is -2.82. The Balaban J connectivity index is 1.34. The third-order valence-corrected chi connectivity index (χ3v) is 8.31. The summed E-state index contributed by atoms with van der Waals surface area (Å²) in [5.74, 6) is 0.129. The highest BCUT2D eigenvalue weighted by molar-refractivity contribution is 7.99. The van der Waals surface area contributed by atoms with Crippen molar-refractivity contribution < 1.29 is 4.79 Å². The summed E-state index contributed by atoms with van der Waals surface area (Å²) in [6.07, 6.45) is 5.88. The van der Waals surface area contributed by atoms with E-state index in [0.717, 1.165) is 52.0 Å². The number of thioether (sulfide) groups is 1. The van der Waals surface area contributed by atoms with Crippen LogP contribution in [0.3, 0.4) is 0 Å². The molecule has 0 unspecified atom stereocenters. The fraction of sp³-hybridized carbons (Fsp3) is 0.261. The first kappa shape index (κ1) is 22.0. The minimum Gasteiger partial charge on any atom is -0.293 e. The summed E-state index contributed by atoms with van der Waals surface area (Å²) in [4.78, 5) is 37.1. The molecule has 3 aromatic heterocycles. The largest absolute Gasteiger partial charge is 0.293 e. The third kappa shape index (κ3) is 4.50. The Labute approximate surface area is 202 Å². The smallest absolute Gasteiger partial charge is 0.263 e. The fourth-order valence-electron chi connectivity index (χ4n) is 3.88. The molecule has 33 heavy (non-hydrogen) atoms. The highest BCUT2D eigenvalue weighted by Crippen LogP contribution is 2.34. The number of amides is 1. The van der Waals surface area contributed by atoms with E-state index in [1.807, 2.05) is 30.3 Å². The van der Waals surface area contributed by atoms with E-state index >= 15 is 0 Å². The van der Waals surface area contributed by atoms with Gasteiger partial charge < -0.3 is 0 Å². The maximum atomic E-state index is 13.3. The molecule has 5 rings (SSSR count). The van der Waals surface area contributed by atoms with Gasteiger partial charge in [0.25, 0.3) is 5.56 Å². The Morgan fingerprint density at radius 2 is 2.03 bits per heavy atom. The van der Waals surface area contributed by atoms with E-state index in [-0.39, 0.29) is 23.2 Å². The monoisotopic (exact) mass is 495 g/mol. The van der Waals surface area contributed by atoms with Crippen LogP contribution in [0, 0.1) is 0 Å². The molecule has 0 atom stereocenters. The molecule has 168 valence electrons. The van der Waals surface area contributed by atoms with Crippen LogP contribution in [-0.2, 0) is 24.2 Å².